The number of hydrogen-bond acceptors (Lipinski definition) is 2. The fourth-order valence-corrected chi connectivity index (χ4v) is 1.94. The predicted octanol–water partition coefficient (Wildman–Crippen LogP) is 2.72. The summed E-state index contributed by atoms with van der Waals surface area (Å²) < 4.78 is 18.7. The molecule has 4 heteroatoms. The van der Waals surface area contributed by atoms with Gasteiger partial charge in [0.25, 0.3) is 0 Å². The molecule has 1 atom stereocenters. The van der Waals surface area contributed by atoms with Crippen LogP contribution < -0.4 is 5.32 Å². The van der Waals surface area contributed by atoms with E-state index in [0.717, 1.165) is 19.4 Å². The van der Waals surface area contributed by atoms with Crippen molar-refractivity contribution in [3.63, 3.8) is 0 Å². The molecule has 3 nitrogen and oxygen atoms in total. The summed E-state index contributed by atoms with van der Waals surface area (Å²) in [7, 11) is 0. The van der Waals surface area contributed by atoms with Crippen LogP contribution in [0.3, 0.4) is 0 Å². The molecule has 1 aliphatic heterocycles. The standard InChI is InChI=1S/C13H16FNO2/c14-11-5-1-2-6-12(11)15-13(16)8-7-10-4-3-9-17-10/h1-2,5-6,10H,3-4,7-9H2,(H,15,16)/t10-/m1/s1. The maximum atomic E-state index is 13.3. The molecule has 1 amide bonds. The monoisotopic (exact) mass is 237 g/mol. The topological polar surface area (TPSA) is 38.3 Å². The van der Waals surface area contributed by atoms with Crippen molar-refractivity contribution < 1.29 is 13.9 Å². The summed E-state index contributed by atoms with van der Waals surface area (Å²) >= 11 is 0. The lowest BCUT2D eigenvalue weighted by atomic mass is 10.1. The number of carbonyl (C=O) groups excluding carboxylic acids is 1. The normalized spacial score (nSPS) is 19.2. The first-order valence-electron chi connectivity index (χ1n) is 5.91. The average Bonchev–Trinajstić information content (AvgIpc) is 2.82. The molecule has 17 heavy (non-hydrogen) atoms. The minimum absolute atomic E-state index is 0.161. The van der Waals surface area contributed by atoms with Crippen molar-refractivity contribution in [2.45, 2.75) is 31.8 Å². The Balaban J connectivity index is 1.79. The molecule has 1 fully saturated rings. The SMILES string of the molecule is O=C(CC[C@H]1CCCO1)Nc1ccccc1F. The van der Waals surface area contributed by atoms with E-state index in [0.29, 0.717) is 12.8 Å². The third-order valence-corrected chi connectivity index (χ3v) is 2.87. The Morgan fingerprint density at radius 1 is 1.47 bits per heavy atom. The molecule has 0 bridgehead atoms. The molecule has 1 heterocycles. The molecule has 1 aromatic rings. The zero-order chi connectivity index (χ0) is 12.1. The van der Waals surface area contributed by atoms with Crippen molar-refractivity contribution in [3.05, 3.63) is 30.1 Å². The summed E-state index contributed by atoms with van der Waals surface area (Å²) in [5.41, 5.74) is 0.241. The molecule has 0 spiro atoms. The van der Waals surface area contributed by atoms with Crippen LogP contribution in [-0.4, -0.2) is 18.6 Å². The Morgan fingerprint density at radius 3 is 3.00 bits per heavy atom. The van der Waals surface area contributed by atoms with Gasteiger partial charge in [0.1, 0.15) is 5.82 Å². The van der Waals surface area contributed by atoms with Crippen molar-refractivity contribution in [2.24, 2.45) is 0 Å². The van der Waals surface area contributed by atoms with Gasteiger partial charge < -0.3 is 10.1 Å². The van der Waals surface area contributed by atoms with Gasteiger partial charge in [0.15, 0.2) is 0 Å². The van der Waals surface area contributed by atoms with Crippen LogP contribution in [0.2, 0.25) is 0 Å². The molecule has 0 radical (unpaired) electrons. The fourth-order valence-electron chi connectivity index (χ4n) is 1.94. The Bertz CT molecular complexity index is 389. The summed E-state index contributed by atoms with van der Waals surface area (Å²) in [6.07, 6.45) is 3.37. The number of amides is 1. The number of para-hydroxylation sites is 1. The van der Waals surface area contributed by atoms with Gasteiger partial charge in [0, 0.05) is 13.0 Å². The summed E-state index contributed by atoms with van der Waals surface area (Å²) in [5.74, 6) is -0.566. The first kappa shape index (κ1) is 12.0. The number of ether oxygens (including phenoxy) is 1. The second-order valence-corrected chi connectivity index (χ2v) is 4.20. The Hall–Kier alpha value is -1.42. The maximum absolute atomic E-state index is 13.3. The maximum Gasteiger partial charge on any atom is 0.224 e. The highest BCUT2D eigenvalue weighted by Crippen LogP contribution is 2.18. The molecular formula is C13H16FNO2. The second-order valence-electron chi connectivity index (χ2n) is 4.20. The van der Waals surface area contributed by atoms with E-state index in [4.69, 9.17) is 4.74 Å². The Morgan fingerprint density at radius 2 is 2.29 bits per heavy atom. The molecule has 1 aromatic carbocycles. The lowest BCUT2D eigenvalue weighted by molar-refractivity contribution is -0.116. The Kier molecular flexibility index (Phi) is 4.09. The minimum Gasteiger partial charge on any atom is -0.378 e. The third-order valence-electron chi connectivity index (χ3n) is 2.87. The molecule has 0 saturated carbocycles. The summed E-state index contributed by atoms with van der Waals surface area (Å²) in [4.78, 5) is 11.6. The van der Waals surface area contributed by atoms with E-state index in [1.807, 2.05) is 0 Å². The number of nitrogens with one attached hydrogen (secondary N) is 1. The van der Waals surface area contributed by atoms with Crippen molar-refractivity contribution in [1.82, 2.24) is 0 Å². The van der Waals surface area contributed by atoms with Crippen LogP contribution in [0.5, 0.6) is 0 Å². The summed E-state index contributed by atoms with van der Waals surface area (Å²) in [6.45, 7) is 0.791. The second kappa shape index (κ2) is 5.77. The number of halogens is 1. The highest BCUT2D eigenvalue weighted by molar-refractivity contribution is 5.90. The van der Waals surface area contributed by atoms with Gasteiger partial charge in [0.2, 0.25) is 5.91 Å². The summed E-state index contributed by atoms with van der Waals surface area (Å²) in [5, 5.41) is 2.56. The largest absolute Gasteiger partial charge is 0.378 e. The fraction of sp³-hybridized carbons (Fsp3) is 0.462. The van der Waals surface area contributed by atoms with Crippen molar-refractivity contribution in [2.75, 3.05) is 11.9 Å². The molecule has 92 valence electrons. The van der Waals surface area contributed by atoms with Gasteiger partial charge in [-0.15, -0.1) is 0 Å². The van der Waals surface area contributed by atoms with E-state index in [2.05, 4.69) is 5.32 Å². The van der Waals surface area contributed by atoms with Crippen LogP contribution in [0.25, 0.3) is 0 Å². The van der Waals surface area contributed by atoms with E-state index in [1.165, 1.54) is 6.07 Å². The van der Waals surface area contributed by atoms with Gasteiger partial charge in [-0.25, -0.2) is 4.39 Å². The van der Waals surface area contributed by atoms with E-state index in [9.17, 15) is 9.18 Å². The van der Waals surface area contributed by atoms with Crippen LogP contribution >= 0.6 is 0 Å². The Labute approximate surface area is 100.0 Å². The molecule has 1 saturated heterocycles. The van der Waals surface area contributed by atoms with Gasteiger partial charge in [-0.05, 0) is 31.4 Å². The van der Waals surface area contributed by atoms with Crippen molar-refractivity contribution in [1.29, 1.82) is 0 Å². The lowest BCUT2D eigenvalue weighted by Crippen LogP contribution is -2.15. The molecule has 1 aliphatic rings. The number of benzene rings is 1. The van der Waals surface area contributed by atoms with Gasteiger partial charge >= 0.3 is 0 Å². The van der Waals surface area contributed by atoms with E-state index >= 15 is 0 Å². The van der Waals surface area contributed by atoms with Gasteiger partial charge in [-0.3, -0.25) is 4.79 Å². The smallest absolute Gasteiger partial charge is 0.224 e. The average molecular weight is 237 g/mol. The van der Waals surface area contributed by atoms with Gasteiger partial charge in [-0.1, -0.05) is 12.1 Å². The van der Waals surface area contributed by atoms with E-state index in [1.54, 1.807) is 18.2 Å². The van der Waals surface area contributed by atoms with Crippen LogP contribution in [0.1, 0.15) is 25.7 Å². The van der Waals surface area contributed by atoms with Crippen LogP contribution in [0.15, 0.2) is 24.3 Å². The predicted molar refractivity (Wildman–Crippen MR) is 63.2 cm³/mol. The number of carbonyl (C=O) groups is 1. The number of hydrogen-bond donors (Lipinski definition) is 1. The van der Waals surface area contributed by atoms with Crippen LogP contribution in [0, 0.1) is 5.82 Å². The molecule has 0 aliphatic carbocycles. The van der Waals surface area contributed by atoms with Gasteiger partial charge in [0.05, 0.1) is 11.8 Å². The van der Waals surface area contributed by atoms with E-state index in [-0.39, 0.29) is 17.7 Å². The van der Waals surface area contributed by atoms with Gasteiger partial charge in [-0.2, -0.15) is 0 Å². The molecule has 1 N–H and O–H groups in total. The quantitative estimate of drug-likeness (QED) is 0.874. The van der Waals surface area contributed by atoms with Crippen LogP contribution in [0.4, 0.5) is 10.1 Å². The zero-order valence-electron chi connectivity index (χ0n) is 9.62. The third kappa shape index (κ3) is 3.53. The number of rotatable bonds is 4. The van der Waals surface area contributed by atoms with Crippen molar-refractivity contribution in [3.8, 4) is 0 Å². The molecule has 0 aromatic heterocycles. The minimum atomic E-state index is -0.405. The zero-order valence-corrected chi connectivity index (χ0v) is 9.62. The van der Waals surface area contributed by atoms with E-state index < -0.39 is 5.82 Å². The lowest BCUT2D eigenvalue weighted by Gasteiger charge is -2.09. The first-order valence-corrected chi connectivity index (χ1v) is 5.91. The highest BCUT2D eigenvalue weighted by atomic mass is 19.1. The number of anilines is 1. The first-order chi connectivity index (χ1) is 8.25. The molecular weight excluding hydrogens is 221 g/mol. The van der Waals surface area contributed by atoms with Crippen molar-refractivity contribution >= 4 is 11.6 Å². The summed E-state index contributed by atoms with van der Waals surface area (Å²) in [6, 6.07) is 6.17. The highest BCUT2D eigenvalue weighted by Gasteiger charge is 2.16. The molecule has 0 unspecified atom stereocenters. The van der Waals surface area contributed by atoms with Crippen LogP contribution in [-0.2, 0) is 9.53 Å². The molecule has 2 rings (SSSR count).